The molecule has 0 spiro atoms. The van der Waals surface area contributed by atoms with Crippen LogP contribution < -0.4 is 5.32 Å². The molecular formula is C22H15F3N6O. The largest absolute Gasteiger partial charge is 0.310 e. The lowest BCUT2D eigenvalue weighted by atomic mass is 9.85. The lowest BCUT2D eigenvalue weighted by Crippen LogP contribution is -2.26. The maximum atomic E-state index is 14.5. The van der Waals surface area contributed by atoms with Crippen molar-refractivity contribution in [3.63, 3.8) is 0 Å². The zero-order valence-electron chi connectivity index (χ0n) is 16.7. The second-order valence-electron chi connectivity index (χ2n) is 7.36. The van der Waals surface area contributed by atoms with Gasteiger partial charge in [-0.2, -0.15) is 14.9 Å². The van der Waals surface area contributed by atoms with Gasteiger partial charge in [-0.15, -0.1) is 5.10 Å². The van der Waals surface area contributed by atoms with Crippen molar-refractivity contribution < 1.29 is 18.0 Å². The van der Waals surface area contributed by atoms with Crippen molar-refractivity contribution in [1.82, 2.24) is 25.0 Å². The Balaban J connectivity index is 1.63. The lowest BCUT2D eigenvalue weighted by molar-refractivity contribution is -0.116. The van der Waals surface area contributed by atoms with Gasteiger partial charge in [0.25, 0.3) is 5.95 Å². The molecule has 0 bridgehead atoms. The van der Waals surface area contributed by atoms with Crippen molar-refractivity contribution in [1.29, 1.82) is 0 Å². The molecule has 3 heterocycles. The van der Waals surface area contributed by atoms with Gasteiger partial charge in [-0.25, -0.2) is 18.2 Å². The van der Waals surface area contributed by atoms with Crippen LogP contribution in [0.15, 0.2) is 48.7 Å². The number of rotatable bonds is 3. The molecule has 0 fully saturated rings. The summed E-state index contributed by atoms with van der Waals surface area (Å²) < 4.78 is 43.0. The Morgan fingerprint density at radius 2 is 1.88 bits per heavy atom. The number of hydrogen-bond acceptors (Lipinski definition) is 5. The van der Waals surface area contributed by atoms with Crippen molar-refractivity contribution in [2.24, 2.45) is 0 Å². The van der Waals surface area contributed by atoms with Gasteiger partial charge in [0.05, 0.1) is 17.6 Å². The molecule has 0 saturated carbocycles. The summed E-state index contributed by atoms with van der Waals surface area (Å²) in [4.78, 5) is 16.9. The van der Waals surface area contributed by atoms with Crippen LogP contribution in [0, 0.1) is 24.4 Å². The molecule has 0 saturated heterocycles. The Hall–Kier alpha value is -4.08. The van der Waals surface area contributed by atoms with E-state index in [2.05, 4.69) is 25.6 Å². The van der Waals surface area contributed by atoms with Gasteiger partial charge >= 0.3 is 0 Å². The van der Waals surface area contributed by atoms with Crippen molar-refractivity contribution in [2.45, 2.75) is 19.3 Å². The fourth-order valence-corrected chi connectivity index (χ4v) is 3.89. The molecule has 0 aliphatic carbocycles. The van der Waals surface area contributed by atoms with E-state index in [1.807, 2.05) is 0 Å². The fourth-order valence-electron chi connectivity index (χ4n) is 3.89. The molecule has 2 aromatic carbocycles. The number of nitrogens with zero attached hydrogens (tertiary/aromatic N) is 5. The van der Waals surface area contributed by atoms with Crippen LogP contribution in [0.25, 0.3) is 17.2 Å². The summed E-state index contributed by atoms with van der Waals surface area (Å²) >= 11 is 0. The number of carbonyl (C=O) groups is 1. The van der Waals surface area contributed by atoms with E-state index in [0.29, 0.717) is 22.5 Å². The van der Waals surface area contributed by atoms with E-state index in [4.69, 9.17) is 0 Å². The first kappa shape index (κ1) is 19.9. The Labute approximate surface area is 179 Å². The molecule has 0 radical (unpaired) electrons. The molecule has 1 N–H and O–H groups in total. The third kappa shape index (κ3) is 3.29. The van der Waals surface area contributed by atoms with Crippen LogP contribution in [-0.4, -0.2) is 30.9 Å². The Bertz CT molecular complexity index is 1350. The zero-order valence-corrected chi connectivity index (χ0v) is 16.7. The number of hydrogen-bond donors (Lipinski definition) is 1. The second kappa shape index (κ2) is 7.56. The SMILES string of the molecule is Cc1nn(-c2nncc(-c3ccc(F)cc3)n2)c2c1[C@H](c1cccc(F)c1F)CC(=O)N2. The number of carbonyl (C=O) groups excluding carboxylic acids is 1. The van der Waals surface area contributed by atoms with Crippen molar-refractivity contribution in [3.8, 4) is 17.2 Å². The molecule has 5 rings (SSSR count). The van der Waals surface area contributed by atoms with Gasteiger partial charge in [0.2, 0.25) is 5.91 Å². The van der Waals surface area contributed by atoms with Crippen molar-refractivity contribution >= 4 is 11.7 Å². The number of halogens is 3. The highest BCUT2D eigenvalue weighted by molar-refractivity contribution is 5.95. The number of nitrogens with one attached hydrogen (secondary N) is 1. The summed E-state index contributed by atoms with van der Waals surface area (Å²) in [5.41, 5.74) is 2.16. The first-order valence-electron chi connectivity index (χ1n) is 9.71. The number of fused-ring (bicyclic) bond motifs is 1. The van der Waals surface area contributed by atoms with Crippen LogP contribution in [0.1, 0.15) is 29.2 Å². The molecule has 32 heavy (non-hydrogen) atoms. The number of aryl methyl sites for hydroxylation is 1. The van der Waals surface area contributed by atoms with Gasteiger partial charge in [-0.1, -0.05) is 12.1 Å². The quantitative estimate of drug-likeness (QED) is 0.526. The second-order valence-corrected chi connectivity index (χ2v) is 7.36. The van der Waals surface area contributed by atoms with Gasteiger partial charge in [0.1, 0.15) is 11.6 Å². The molecule has 0 unspecified atom stereocenters. The van der Waals surface area contributed by atoms with E-state index in [1.54, 1.807) is 19.1 Å². The Morgan fingerprint density at radius 3 is 2.66 bits per heavy atom. The van der Waals surface area contributed by atoms with E-state index in [1.165, 1.54) is 35.1 Å². The van der Waals surface area contributed by atoms with Crippen LogP contribution >= 0.6 is 0 Å². The highest BCUT2D eigenvalue weighted by Crippen LogP contribution is 2.41. The lowest BCUT2D eigenvalue weighted by Gasteiger charge is -2.24. The number of aromatic nitrogens is 5. The standard InChI is InChI=1S/C22H15F3N6O/c1-11-19-15(14-3-2-4-16(24)20(14)25)9-18(32)28-21(19)31(30-11)22-27-17(10-26-29-22)12-5-7-13(23)8-6-12/h2-8,10,15H,9H2,1H3,(H,28,32)/t15-/m0/s1. The molecule has 7 nitrogen and oxygen atoms in total. The molecule has 1 aliphatic rings. The molecular weight excluding hydrogens is 421 g/mol. The van der Waals surface area contributed by atoms with E-state index in [0.717, 1.165) is 6.07 Å². The van der Waals surface area contributed by atoms with Crippen LogP contribution in [-0.2, 0) is 4.79 Å². The Morgan fingerprint density at radius 1 is 1.09 bits per heavy atom. The number of anilines is 1. The van der Waals surface area contributed by atoms with Crippen LogP contribution in [0.5, 0.6) is 0 Å². The number of benzene rings is 2. The normalized spacial score (nSPS) is 15.4. The summed E-state index contributed by atoms with van der Waals surface area (Å²) in [6.07, 6.45) is 1.36. The fraction of sp³-hybridized carbons (Fsp3) is 0.136. The summed E-state index contributed by atoms with van der Waals surface area (Å²) in [5.74, 6) is -3.14. The van der Waals surface area contributed by atoms with Gasteiger partial charge in [0.15, 0.2) is 11.6 Å². The highest BCUT2D eigenvalue weighted by Gasteiger charge is 2.35. The van der Waals surface area contributed by atoms with E-state index in [-0.39, 0.29) is 35.5 Å². The first-order chi connectivity index (χ1) is 15.4. The minimum Gasteiger partial charge on any atom is -0.310 e. The molecule has 10 heteroatoms. The average Bonchev–Trinajstić information content (AvgIpc) is 3.12. The maximum absolute atomic E-state index is 14.5. The van der Waals surface area contributed by atoms with E-state index in [9.17, 15) is 18.0 Å². The smallest absolute Gasteiger partial charge is 0.272 e. The van der Waals surface area contributed by atoms with Crippen molar-refractivity contribution in [2.75, 3.05) is 5.32 Å². The highest BCUT2D eigenvalue weighted by atomic mass is 19.2. The minimum atomic E-state index is -0.999. The predicted octanol–water partition coefficient (Wildman–Crippen LogP) is 3.92. The summed E-state index contributed by atoms with van der Waals surface area (Å²) in [7, 11) is 0. The molecule has 1 aliphatic heterocycles. The summed E-state index contributed by atoms with van der Waals surface area (Å²) in [6.45, 7) is 1.70. The molecule has 1 atom stereocenters. The van der Waals surface area contributed by atoms with Crippen LogP contribution in [0.2, 0.25) is 0 Å². The zero-order chi connectivity index (χ0) is 22.4. The molecule has 160 valence electrons. The molecule has 1 amide bonds. The minimum absolute atomic E-state index is 0.0609. The third-order valence-electron chi connectivity index (χ3n) is 5.34. The van der Waals surface area contributed by atoms with Gasteiger partial charge < -0.3 is 5.32 Å². The van der Waals surface area contributed by atoms with Crippen molar-refractivity contribution in [3.05, 3.63) is 82.9 Å². The predicted molar refractivity (Wildman–Crippen MR) is 109 cm³/mol. The van der Waals surface area contributed by atoms with Gasteiger partial charge in [-0.3, -0.25) is 4.79 Å². The number of amides is 1. The summed E-state index contributed by atoms with van der Waals surface area (Å²) in [5, 5.41) is 15.1. The van der Waals surface area contributed by atoms with Crippen LogP contribution in [0.3, 0.4) is 0 Å². The monoisotopic (exact) mass is 436 g/mol. The van der Waals surface area contributed by atoms with E-state index < -0.39 is 17.6 Å². The first-order valence-corrected chi connectivity index (χ1v) is 9.71. The Kier molecular flexibility index (Phi) is 4.69. The topological polar surface area (TPSA) is 85.6 Å². The molecule has 4 aromatic rings. The van der Waals surface area contributed by atoms with Crippen LogP contribution in [0.4, 0.5) is 19.0 Å². The third-order valence-corrected chi connectivity index (χ3v) is 5.34. The average molecular weight is 436 g/mol. The van der Waals surface area contributed by atoms with E-state index >= 15 is 0 Å². The maximum Gasteiger partial charge on any atom is 0.272 e. The summed E-state index contributed by atoms with van der Waals surface area (Å²) in [6, 6.07) is 9.59. The molecule has 2 aromatic heterocycles. The van der Waals surface area contributed by atoms with Gasteiger partial charge in [0, 0.05) is 23.5 Å². The van der Waals surface area contributed by atoms with Gasteiger partial charge in [-0.05, 0) is 42.8 Å².